The van der Waals surface area contributed by atoms with Gasteiger partial charge in [-0.3, -0.25) is 9.93 Å². The first-order valence-electron chi connectivity index (χ1n) is 12.4. The molecule has 0 atom stereocenters. The van der Waals surface area contributed by atoms with E-state index in [0.29, 0.717) is 6.41 Å². The Bertz CT molecular complexity index is 754. The maximum Gasteiger partial charge on any atom is 0.232 e. The number of carbonyl (C=O) groups excluding carboxylic acids is 1. The summed E-state index contributed by atoms with van der Waals surface area (Å²) in [5.74, 6) is 2.89. The largest absolute Gasteiger partial charge is 0.342 e. The van der Waals surface area contributed by atoms with Gasteiger partial charge in [-0.15, -0.1) is 0 Å². The van der Waals surface area contributed by atoms with Crippen LogP contribution in [0.3, 0.4) is 0 Å². The zero-order chi connectivity index (χ0) is 24.9. The first-order valence-corrected chi connectivity index (χ1v) is 13.4. The van der Waals surface area contributed by atoms with E-state index in [2.05, 4.69) is 53.7 Å². The van der Waals surface area contributed by atoms with E-state index in [1.54, 1.807) is 6.21 Å². The van der Waals surface area contributed by atoms with Crippen molar-refractivity contribution < 1.29 is 4.79 Å². The lowest BCUT2D eigenvalue weighted by atomic mass is 10.1. The number of carbonyl (C=O) groups is 1. The van der Waals surface area contributed by atoms with Crippen molar-refractivity contribution in [1.29, 1.82) is 0 Å². The van der Waals surface area contributed by atoms with Crippen molar-refractivity contribution in [2.45, 2.75) is 79.6 Å². The molecule has 1 saturated heterocycles. The number of likely N-dealkylation sites (tertiary alicyclic amines) is 1. The number of hydrogen-bond donors (Lipinski definition) is 2. The molecule has 3 rings (SSSR count). The average molecular weight is 478 g/mol. The number of aromatic nitrogens is 2. The van der Waals surface area contributed by atoms with Gasteiger partial charge in [0.25, 0.3) is 0 Å². The second kappa shape index (κ2) is 20.9. The lowest BCUT2D eigenvalue weighted by Crippen LogP contribution is -2.24. The lowest BCUT2D eigenvalue weighted by molar-refractivity contribution is -0.106. The SMILES string of the molecule is CC.CC(C)CCSN.CN1CCCCC1.Cc1cccc2[nH]c(CCCC=NC=O)nc12. The minimum atomic E-state index is 0.560. The van der Waals surface area contributed by atoms with Crippen LogP contribution in [0.4, 0.5) is 0 Å². The van der Waals surface area contributed by atoms with Crippen LogP contribution in [-0.2, 0) is 11.2 Å². The number of nitrogens with zero attached hydrogens (tertiary/aromatic N) is 3. The summed E-state index contributed by atoms with van der Waals surface area (Å²) in [5, 5.41) is 5.19. The van der Waals surface area contributed by atoms with Crippen molar-refractivity contribution in [3.8, 4) is 0 Å². The van der Waals surface area contributed by atoms with Crippen LogP contribution in [0.15, 0.2) is 23.2 Å². The standard InChI is InChI=1S/C13H15N3O.C6H13N.C5H13NS.C2H6/c1-10-5-4-6-11-13(10)16-12(15-11)7-2-3-8-14-9-17;1-7-5-3-2-4-6-7;1-5(2)3-4-7-6;1-2/h4-6,8-9H,2-3,7H2,1H3,(H,15,16);2-6H2,1H3;5H,3-4,6H2,1-2H3;1-2H3. The number of hydrogen-bond acceptors (Lipinski definition) is 5. The third kappa shape index (κ3) is 15.7. The summed E-state index contributed by atoms with van der Waals surface area (Å²) < 4.78 is 0. The molecule has 6 nitrogen and oxygen atoms in total. The van der Waals surface area contributed by atoms with Crippen molar-refractivity contribution in [1.82, 2.24) is 14.9 Å². The molecule has 188 valence electrons. The summed E-state index contributed by atoms with van der Waals surface area (Å²) >= 11 is 1.43. The molecular weight excluding hydrogens is 430 g/mol. The highest BCUT2D eigenvalue weighted by Gasteiger charge is 2.04. The molecule has 1 aromatic heterocycles. The van der Waals surface area contributed by atoms with Crippen molar-refractivity contribution in [3.63, 3.8) is 0 Å². The number of aromatic amines is 1. The highest BCUT2D eigenvalue weighted by atomic mass is 32.2. The Balaban J connectivity index is 0.000000530. The predicted molar refractivity (Wildman–Crippen MR) is 147 cm³/mol. The fourth-order valence-electron chi connectivity index (χ4n) is 3.18. The van der Waals surface area contributed by atoms with Gasteiger partial charge in [-0.2, -0.15) is 0 Å². The monoisotopic (exact) mass is 477 g/mol. The van der Waals surface area contributed by atoms with Crippen LogP contribution in [0.2, 0.25) is 0 Å². The van der Waals surface area contributed by atoms with E-state index in [1.165, 1.54) is 56.3 Å². The van der Waals surface area contributed by atoms with E-state index in [9.17, 15) is 4.79 Å². The Labute approximate surface area is 206 Å². The summed E-state index contributed by atoms with van der Waals surface area (Å²) in [4.78, 5) is 23.8. The number of fused-ring (bicyclic) bond motifs is 1. The topological polar surface area (TPSA) is 87.4 Å². The number of unbranched alkanes of at least 4 members (excludes halogenated alkanes) is 1. The molecule has 2 heterocycles. The summed E-state index contributed by atoms with van der Waals surface area (Å²) in [6, 6.07) is 6.12. The van der Waals surface area contributed by atoms with Gasteiger partial charge in [-0.25, -0.2) is 9.98 Å². The highest BCUT2D eigenvalue weighted by Crippen LogP contribution is 2.16. The van der Waals surface area contributed by atoms with Crippen molar-refractivity contribution >= 4 is 35.6 Å². The van der Waals surface area contributed by atoms with Crippen molar-refractivity contribution in [2.75, 3.05) is 25.9 Å². The van der Waals surface area contributed by atoms with Crippen LogP contribution in [0, 0.1) is 12.8 Å². The Hall–Kier alpha value is -1.70. The number of aliphatic imine (C=N–C) groups is 1. The Morgan fingerprint density at radius 2 is 1.94 bits per heavy atom. The predicted octanol–water partition coefficient (Wildman–Crippen LogP) is 6.19. The number of piperidine rings is 1. The molecule has 2 aromatic rings. The van der Waals surface area contributed by atoms with Gasteiger partial charge in [-0.05, 0) is 76.7 Å². The van der Waals surface area contributed by atoms with Gasteiger partial charge in [0.05, 0.1) is 11.0 Å². The van der Waals surface area contributed by atoms with Crippen molar-refractivity contribution in [2.24, 2.45) is 16.0 Å². The van der Waals surface area contributed by atoms with E-state index in [-0.39, 0.29) is 0 Å². The molecule has 33 heavy (non-hydrogen) atoms. The number of imidazole rings is 1. The van der Waals surface area contributed by atoms with Crippen LogP contribution >= 0.6 is 11.9 Å². The minimum absolute atomic E-state index is 0.560. The number of benzene rings is 1. The van der Waals surface area contributed by atoms with E-state index < -0.39 is 0 Å². The summed E-state index contributed by atoms with van der Waals surface area (Å²) in [6.07, 6.45) is 10.3. The molecule has 1 aliphatic heterocycles. The van der Waals surface area contributed by atoms with Crippen LogP contribution in [0.25, 0.3) is 11.0 Å². The zero-order valence-corrected chi connectivity index (χ0v) is 22.6. The molecule has 0 radical (unpaired) electrons. The smallest absolute Gasteiger partial charge is 0.232 e. The molecule has 0 aliphatic carbocycles. The normalized spacial score (nSPS) is 13.6. The number of nitrogens with one attached hydrogen (secondary N) is 1. The molecule has 1 aliphatic rings. The van der Waals surface area contributed by atoms with Gasteiger partial charge in [-0.1, -0.05) is 58.2 Å². The van der Waals surface area contributed by atoms with Gasteiger partial charge in [0.2, 0.25) is 6.41 Å². The van der Waals surface area contributed by atoms with Gasteiger partial charge >= 0.3 is 0 Å². The first kappa shape index (κ1) is 31.3. The van der Waals surface area contributed by atoms with Crippen LogP contribution in [0.5, 0.6) is 0 Å². The second-order valence-electron chi connectivity index (χ2n) is 8.40. The molecule has 0 saturated carbocycles. The first-order chi connectivity index (χ1) is 16.0. The van der Waals surface area contributed by atoms with E-state index >= 15 is 0 Å². The summed E-state index contributed by atoms with van der Waals surface area (Å²) in [6.45, 7) is 13.1. The molecule has 1 aromatic carbocycles. The zero-order valence-electron chi connectivity index (χ0n) is 21.8. The Kier molecular flexibility index (Phi) is 19.8. The van der Waals surface area contributed by atoms with Gasteiger partial charge < -0.3 is 9.88 Å². The number of rotatable bonds is 8. The van der Waals surface area contributed by atoms with E-state index in [0.717, 1.165) is 47.8 Å². The molecular formula is C26H47N5OS. The highest BCUT2D eigenvalue weighted by molar-refractivity contribution is 7.97. The van der Waals surface area contributed by atoms with Crippen molar-refractivity contribution in [3.05, 3.63) is 29.6 Å². The van der Waals surface area contributed by atoms with Gasteiger partial charge in [0.15, 0.2) is 0 Å². The van der Waals surface area contributed by atoms with Gasteiger partial charge in [0, 0.05) is 18.4 Å². The molecule has 1 amide bonds. The van der Waals surface area contributed by atoms with Crippen LogP contribution in [-0.4, -0.2) is 53.4 Å². The van der Waals surface area contributed by atoms with E-state index in [4.69, 9.17) is 5.14 Å². The Morgan fingerprint density at radius 1 is 1.24 bits per heavy atom. The number of H-pyrrole nitrogens is 1. The second-order valence-corrected chi connectivity index (χ2v) is 9.14. The number of nitrogens with two attached hydrogens (primary N) is 1. The summed E-state index contributed by atoms with van der Waals surface area (Å²) in [5.41, 5.74) is 3.32. The maximum atomic E-state index is 9.98. The molecule has 3 N–H and O–H groups in total. The average Bonchev–Trinajstić information content (AvgIpc) is 3.25. The minimum Gasteiger partial charge on any atom is -0.342 e. The van der Waals surface area contributed by atoms with Crippen LogP contribution < -0.4 is 5.14 Å². The Morgan fingerprint density at radius 3 is 2.42 bits per heavy atom. The van der Waals surface area contributed by atoms with Gasteiger partial charge in [0.1, 0.15) is 5.82 Å². The molecule has 0 spiro atoms. The lowest BCUT2D eigenvalue weighted by Gasteiger charge is -2.20. The number of amides is 1. The third-order valence-corrected chi connectivity index (χ3v) is 5.54. The quantitative estimate of drug-likeness (QED) is 0.205. The fourth-order valence-corrected chi connectivity index (χ4v) is 3.79. The molecule has 0 unspecified atom stereocenters. The maximum absolute atomic E-state index is 9.98. The molecule has 7 heteroatoms. The molecule has 0 bridgehead atoms. The number of para-hydroxylation sites is 1. The summed E-state index contributed by atoms with van der Waals surface area (Å²) in [7, 11) is 2.19. The molecule has 1 fully saturated rings. The fraction of sp³-hybridized carbons (Fsp3) is 0.654. The number of aryl methyl sites for hydroxylation is 2. The third-order valence-electron chi connectivity index (χ3n) is 5.07. The van der Waals surface area contributed by atoms with Crippen LogP contribution in [0.1, 0.15) is 77.6 Å². The van der Waals surface area contributed by atoms with E-state index in [1.807, 2.05) is 26.0 Å².